The molecule has 0 bridgehead atoms. The van der Waals surface area contributed by atoms with E-state index in [-0.39, 0.29) is 11.3 Å². The average Bonchev–Trinajstić information content (AvgIpc) is 2.34. The third-order valence-corrected chi connectivity index (χ3v) is 2.20. The number of urea groups is 1. The van der Waals surface area contributed by atoms with Crippen LogP contribution in [0.2, 0.25) is 5.28 Å². The van der Waals surface area contributed by atoms with Gasteiger partial charge in [-0.05, 0) is 18.5 Å². The SMILES string of the molecule is CCNc1nc(Cl)nc(NCCNC(=O)N(C)C)n1. The van der Waals surface area contributed by atoms with E-state index in [4.69, 9.17) is 11.6 Å². The molecule has 0 aromatic carbocycles. The Morgan fingerprint density at radius 3 is 2.37 bits per heavy atom. The van der Waals surface area contributed by atoms with Crippen LogP contribution in [-0.2, 0) is 0 Å². The molecule has 0 aliphatic carbocycles. The molecule has 8 nitrogen and oxygen atoms in total. The first-order chi connectivity index (χ1) is 9.02. The van der Waals surface area contributed by atoms with Crippen molar-refractivity contribution in [2.24, 2.45) is 0 Å². The molecule has 2 amide bonds. The van der Waals surface area contributed by atoms with Crippen molar-refractivity contribution in [1.29, 1.82) is 0 Å². The molecule has 0 radical (unpaired) electrons. The van der Waals surface area contributed by atoms with Gasteiger partial charge in [0, 0.05) is 33.7 Å². The predicted octanol–water partition coefficient (Wildman–Crippen LogP) is 0.640. The summed E-state index contributed by atoms with van der Waals surface area (Å²) in [4.78, 5) is 24.7. The average molecular weight is 288 g/mol. The van der Waals surface area contributed by atoms with Crippen LogP contribution in [0.1, 0.15) is 6.92 Å². The molecule has 19 heavy (non-hydrogen) atoms. The summed E-state index contributed by atoms with van der Waals surface area (Å²) in [5, 5.41) is 8.74. The van der Waals surface area contributed by atoms with Crippen molar-refractivity contribution in [2.45, 2.75) is 6.92 Å². The first-order valence-corrected chi connectivity index (χ1v) is 6.25. The number of hydrogen-bond acceptors (Lipinski definition) is 6. The molecule has 1 aromatic rings. The van der Waals surface area contributed by atoms with E-state index >= 15 is 0 Å². The van der Waals surface area contributed by atoms with Crippen molar-refractivity contribution in [3.05, 3.63) is 5.28 Å². The summed E-state index contributed by atoms with van der Waals surface area (Å²) in [5.74, 6) is 0.789. The second kappa shape index (κ2) is 7.57. The number of hydrogen-bond donors (Lipinski definition) is 3. The second-order valence-corrected chi connectivity index (χ2v) is 4.17. The van der Waals surface area contributed by atoms with Crippen LogP contribution in [0.3, 0.4) is 0 Å². The molecule has 1 rings (SSSR count). The van der Waals surface area contributed by atoms with Gasteiger partial charge in [-0.1, -0.05) is 0 Å². The maximum Gasteiger partial charge on any atom is 0.316 e. The highest BCUT2D eigenvalue weighted by Crippen LogP contribution is 2.08. The van der Waals surface area contributed by atoms with E-state index in [1.165, 1.54) is 4.90 Å². The van der Waals surface area contributed by atoms with Gasteiger partial charge in [-0.15, -0.1) is 0 Å². The molecule has 0 atom stereocenters. The highest BCUT2D eigenvalue weighted by Gasteiger charge is 2.04. The van der Waals surface area contributed by atoms with E-state index < -0.39 is 0 Å². The molecular weight excluding hydrogens is 270 g/mol. The zero-order valence-electron chi connectivity index (χ0n) is 11.2. The van der Waals surface area contributed by atoms with Crippen molar-refractivity contribution in [3.8, 4) is 0 Å². The first kappa shape index (κ1) is 15.2. The fraction of sp³-hybridized carbons (Fsp3) is 0.600. The summed E-state index contributed by atoms with van der Waals surface area (Å²) < 4.78 is 0. The Kier molecular flexibility index (Phi) is 6.07. The normalized spacial score (nSPS) is 9.89. The third kappa shape index (κ3) is 5.56. The number of rotatable bonds is 6. The summed E-state index contributed by atoms with van der Waals surface area (Å²) in [6.07, 6.45) is 0. The Morgan fingerprint density at radius 2 is 1.79 bits per heavy atom. The highest BCUT2D eigenvalue weighted by molar-refractivity contribution is 6.28. The number of amides is 2. The number of anilines is 2. The van der Waals surface area contributed by atoms with E-state index in [2.05, 4.69) is 30.9 Å². The molecule has 0 aliphatic rings. The molecule has 3 N–H and O–H groups in total. The van der Waals surface area contributed by atoms with E-state index in [1.54, 1.807) is 14.1 Å². The summed E-state index contributed by atoms with van der Waals surface area (Å²) in [7, 11) is 3.36. The molecule has 1 aromatic heterocycles. The molecule has 0 spiro atoms. The van der Waals surface area contributed by atoms with Gasteiger partial charge in [0.25, 0.3) is 0 Å². The molecule has 0 aliphatic heterocycles. The lowest BCUT2D eigenvalue weighted by Gasteiger charge is -2.12. The van der Waals surface area contributed by atoms with Gasteiger partial charge in [0.1, 0.15) is 0 Å². The smallest absolute Gasteiger partial charge is 0.316 e. The molecule has 0 fully saturated rings. The predicted molar refractivity (Wildman–Crippen MR) is 74.6 cm³/mol. The minimum atomic E-state index is -0.149. The maximum absolute atomic E-state index is 11.3. The number of nitrogens with one attached hydrogen (secondary N) is 3. The van der Waals surface area contributed by atoms with Crippen LogP contribution in [0, 0.1) is 0 Å². The lowest BCUT2D eigenvalue weighted by molar-refractivity contribution is 0.218. The minimum Gasteiger partial charge on any atom is -0.354 e. The number of aromatic nitrogens is 3. The van der Waals surface area contributed by atoms with Crippen LogP contribution in [0.5, 0.6) is 0 Å². The largest absolute Gasteiger partial charge is 0.354 e. The molecule has 0 saturated heterocycles. The molecule has 0 saturated carbocycles. The van der Waals surface area contributed by atoms with Crippen LogP contribution < -0.4 is 16.0 Å². The molecule has 0 unspecified atom stereocenters. The van der Waals surface area contributed by atoms with Crippen LogP contribution in [-0.4, -0.2) is 59.6 Å². The monoisotopic (exact) mass is 287 g/mol. The Balaban J connectivity index is 2.42. The van der Waals surface area contributed by atoms with Crippen LogP contribution in [0.15, 0.2) is 0 Å². The van der Waals surface area contributed by atoms with Crippen LogP contribution in [0.4, 0.5) is 16.7 Å². The van der Waals surface area contributed by atoms with Crippen molar-refractivity contribution in [2.75, 3.05) is 44.4 Å². The van der Waals surface area contributed by atoms with Crippen LogP contribution in [0.25, 0.3) is 0 Å². The minimum absolute atomic E-state index is 0.116. The Labute approximate surface area is 117 Å². The van der Waals surface area contributed by atoms with Gasteiger partial charge >= 0.3 is 6.03 Å². The van der Waals surface area contributed by atoms with Crippen molar-refractivity contribution < 1.29 is 4.79 Å². The Bertz CT molecular complexity index is 426. The lowest BCUT2D eigenvalue weighted by atomic mass is 10.6. The van der Waals surface area contributed by atoms with E-state index in [0.29, 0.717) is 31.5 Å². The number of halogens is 1. The second-order valence-electron chi connectivity index (χ2n) is 3.84. The van der Waals surface area contributed by atoms with E-state index in [9.17, 15) is 4.79 Å². The van der Waals surface area contributed by atoms with Gasteiger partial charge < -0.3 is 20.9 Å². The third-order valence-electron chi connectivity index (χ3n) is 2.03. The van der Waals surface area contributed by atoms with Crippen molar-refractivity contribution in [1.82, 2.24) is 25.2 Å². The van der Waals surface area contributed by atoms with Gasteiger partial charge in [-0.3, -0.25) is 0 Å². The van der Waals surface area contributed by atoms with Gasteiger partial charge in [-0.2, -0.15) is 15.0 Å². The zero-order chi connectivity index (χ0) is 14.3. The Morgan fingerprint density at radius 1 is 1.16 bits per heavy atom. The van der Waals surface area contributed by atoms with Gasteiger partial charge in [0.05, 0.1) is 0 Å². The standard InChI is InChI=1S/C10H18ClN7O/c1-4-12-8-15-7(11)16-9(17-8)13-5-6-14-10(19)18(2)3/h4-6H2,1-3H3,(H,14,19)(H2,12,13,15,16,17). The fourth-order valence-electron chi connectivity index (χ4n) is 1.17. The topological polar surface area (TPSA) is 95.1 Å². The molecular formula is C10H18ClN7O. The summed E-state index contributed by atoms with van der Waals surface area (Å²) in [5.41, 5.74) is 0. The molecule has 9 heteroatoms. The first-order valence-electron chi connectivity index (χ1n) is 5.87. The van der Waals surface area contributed by atoms with Gasteiger partial charge in [0.15, 0.2) is 0 Å². The highest BCUT2D eigenvalue weighted by atomic mass is 35.5. The molecule has 106 valence electrons. The van der Waals surface area contributed by atoms with Gasteiger partial charge in [-0.25, -0.2) is 4.79 Å². The van der Waals surface area contributed by atoms with E-state index in [1.807, 2.05) is 6.92 Å². The number of carbonyl (C=O) groups excluding carboxylic acids is 1. The van der Waals surface area contributed by atoms with Crippen molar-refractivity contribution >= 4 is 29.5 Å². The van der Waals surface area contributed by atoms with Crippen molar-refractivity contribution in [3.63, 3.8) is 0 Å². The zero-order valence-corrected chi connectivity index (χ0v) is 12.0. The number of carbonyl (C=O) groups is 1. The Hall–Kier alpha value is -1.83. The van der Waals surface area contributed by atoms with Gasteiger partial charge in [0.2, 0.25) is 17.2 Å². The number of nitrogens with zero attached hydrogens (tertiary/aromatic N) is 4. The fourth-order valence-corrected chi connectivity index (χ4v) is 1.33. The maximum atomic E-state index is 11.3. The summed E-state index contributed by atoms with van der Waals surface area (Å²) in [6, 6.07) is -0.149. The quantitative estimate of drug-likeness (QED) is 0.665. The van der Waals surface area contributed by atoms with Crippen LogP contribution >= 0.6 is 11.6 Å². The molecule has 1 heterocycles. The summed E-state index contributed by atoms with van der Waals surface area (Å²) >= 11 is 5.77. The lowest BCUT2D eigenvalue weighted by Crippen LogP contribution is -2.37. The van der Waals surface area contributed by atoms with E-state index in [0.717, 1.165) is 0 Å². The summed E-state index contributed by atoms with van der Waals surface area (Å²) in [6.45, 7) is 3.57.